The summed E-state index contributed by atoms with van der Waals surface area (Å²) in [5.41, 5.74) is 9.85. The molecule has 0 aliphatic rings. The van der Waals surface area contributed by atoms with Gasteiger partial charge < -0.3 is 5.53 Å². The molecule has 0 fully saturated rings. The van der Waals surface area contributed by atoms with Gasteiger partial charge in [-0.2, -0.15) is 9.19 Å². The molecule has 0 radical (unpaired) electrons. The lowest BCUT2D eigenvalue weighted by Gasteiger charge is -2.02. The first kappa shape index (κ1) is 16.4. The fourth-order valence-electron chi connectivity index (χ4n) is 1.89. The van der Waals surface area contributed by atoms with E-state index in [0.717, 1.165) is 0 Å². The van der Waals surface area contributed by atoms with Crippen LogP contribution in [0.4, 0.5) is 5.69 Å². The van der Waals surface area contributed by atoms with E-state index < -0.39 is 16.2 Å². The van der Waals surface area contributed by atoms with Gasteiger partial charge in [0.15, 0.2) is 5.71 Å². The van der Waals surface area contributed by atoms with E-state index in [2.05, 4.69) is 9.19 Å². The Morgan fingerprint density at radius 2 is 1.74 bits per heavy atom. The van der Waals surface area contributed by atoms with Crippen molar-refractivity contribution in [3.63, 3.8) is 0 Å². The lowest BCUT2D eigenvalue weighted by molar-refractivity contribution is -0.384. The van der Waals surface area contributed by atoms with Crippen LogP contribution in [0, 0.1) is 10.1 Å². The van der Waals surface area contributed by atoms with Gasteiger partial charge in [0, 0.05) is 17.7 Å². The number of nitrogens with zero attached hydrogens (tertiary/aromatic N) is 4. The molecule has 2 aromatic carbocycles. The van der Waals surface area contributed by atoms with E-state index in [0.29, 0.717) is 11.1 Å². The predicted molar refractivity (Wildman–Crippen MR) is 84.6 cm³/mol. The van der Waals surface area contributed by atoms with Gasteiger partial charge in [-0.15, -0.1) is 0 Å². The molecule has 0 aliphatic carbocycles. The Kier molecular flexibility index (Phi) is 5.21. The second-order valence-electron chi connectivity index (χ2n) is 4.29. The van der Waals surface area contributed by atoms with Gasteiger partial charge in [0.1, 0.15) is 0 Å². The largest absolute Gasteiger partial charge is 0.361 e. The van der Waals surface area contributed by atoms with Crippen molar-refractivity contribution in [1.29, 1.82) is 0 Å². The normalized spacial score (nSPS) is 12.3. The lowest BCUT2D eigenvalue weighted by atomic mass is 10.00. The second kappa shape index (κ2) is 7.32. The molecule has 2 rings (SSSR count). The molecule has 9 heteroatoms. The Bertz CT molecular complexity index is 828. The van der Waals surface area contributed by atoms with Crippen LogP contribution < -0.4 is 0 Å². The fourth-order valence-corrected chi connectivity index (χ4v) is 2.24. The summed E-state index contributed by atoms with van der Waals surface area (Å²) >= 11 is -2.52. The van der Waals surface area contributed by atoms with Crippen LogP contribution in [0.2, 0.25) is 0 Å². The minimum Gasteiger partial charge on any atom is -0.361 e. The molecular formula is C14H10N4O4S. The predicted octanol–water partition coefficient (Wildman–Crippen LogP) is 2.24. The van der Waals surface area contributed by atoms with Crippen molar-refractivity contribution in [1.82, 2.24) is 0 Å². The summed E-state index contributed by atoms with van der Waals surface area (Å²) in [4.78, 5) is 13.3. The highest BCUT2D eigenvalue weighted by Crippen LogP contribution is 2.15. The van der Waals surface area contributed by atoms with Crippen LogP contribution in [-0.4, -0.2) is 29.9 Å². The number of rotatable bonds is 5. The van der Waals surface area contributed by atoms with E-state index in [4.69, 9.17) is 4.55 Å². The highest BCUT2D eigenvalue weighted by molar-refractivity contribution is 7.78. The van der Waals surface area contributed by atoms with Crippen molar-refractivity contribution >= 4 is 28.4 Å². The van der Waals surface area contributed by atoms with Gasteiger partial charge in [-0.05, 0) is 12.1 Å². The van der Waals surface area contributed by atoms with Crippen LogP contribution in [0.3, 0.4) is 0 Å². The van der Waals surface area contributed by atoms with Crippen LogP contribution in [0.15, 0.2) is 59.0 Å². The van der Waals surface area contributed by atoms with Crippen molar-refractivity contribution in [3.05, 3.63) is 81.4 Å². The Balaban J connectivity index is 2.54. The number of hydrogen-bond donors (Lipinski definition) is 1. The molecule has 8 nitrogen and oxygen atoms in total. The molecule has 0 heterocycles. The molecular weight excluding hydrogens is 320 g/mol. The third kappa shape index (κ3) is 4.01. The van der Waals surface area contributed by atoms with E-state index in [9.17, 15) is 19.9 Å². The molecule has 23 heavy (non-hydrogen) atoms. The van der Waals surface area contributed by atoms with E-state index in [-0.39, 0.29) is 17.1 Å². The van der Waals surface area contributed by atoms with Gasteiger partial charge >= 0.3 is 5.71 Å². The molecule has 0 bridgehead atoms. The van der Waals surface area contributed by atoms with E-state index in [1.54, 1.807) is 30.3 Å². The third-order valence-electron chi connectivity index (χ3n) is 2.89. The average molecular weight is 330 g/mol. The molecule has 1 unspecified atom stereocenters. The van der Waals surface area contributed by atoms with Crippen LogP contribution in [0.1, 0.15) is 11.1 Å². The first-order valence-corrected chi connectivity index (χ1v) is 7.31. The van der Waals surface area contributed by atoms with Gasteiger partial charge in [0.2, 0.25) is 0 Å². The molecule has 0 aromatic heterocycles. The Morgan fingerprint density at radius 3 is 2.22 bits per heavy atom. The van der Waals surface area contributed by atoms with Crippen molar-refractivity contribution in [2.24, 2.45) is 4.40 Å². The van der Waals surface area contributed by atoms with Crippen molar-refractivity contribution < 1.29 is 18.5 Å². The summed E-state index contributed by atoms with van der Waals surface area (Å²) < 4.78 is 23.7. The van der Waals surface area contributed by atoms with Crippen molar-refractivity contribution in [2.45, 2.75) is 0 Å². The van der Waals surface area contributed by atoms with Crippen molar-refractivity contribution in [2.75, 3.05) is 0 Å². The van der Waals surface area contributed by atoms with Crippen LogP contribution >= 0.6 is 0 Å². The summed E-state index contributed by atoms with van der Waals surface area (Å²) in [5.74, 6) is 0. The molecule has 116 valence electrons. The molecule has 0 saturated heterocycles. The number of hydrogen-bond acceptors (Lipinski definition) is 3. The first-order valence-electron chi connectivity index (χ1n) is 6.25. The van der Waals surface area contributed by atoms with Gasteiger partial charge in [-0.25, -0.2) is 4.21 Å². The maximum Gasteiger partial charge on any atom is 0.349 e. The zero-order chi connectivity index (χ0) is 16.8. The summed E-state index contributed by atoms with van der Waals surface area (Å²) in [6, 6.07) is 13.6. The summed E-state index contributed by atoms with van der Waals surface area (Å²) in [6.45, 7) is 0. The first-order chi connectivity index (χ1) is 11.0. The minimum atomic E-state index is -2.52. The monoisotopic (exact) mass is 330 g/mol. The molecule has 0 aliphatic heterocycles. The number of benzene rings is 2. The van der Waals surface area contributed by atoms with Gasteiger partial charge in [0.25, 0.3) is 17.0 Å². The van der Waals surface area contributed by atoms with Gasteiger partial charge in [-0.1, -0.05) is 30.3 Å². The van der Waals surface area contributed by atoms with Gasteiger partial charge in [0.05, 0.1) is 10.5 Å². The lowest BCUT2D eigenvalue weighted by Crippen LogP contribution is -2.19. The Labute approximate surface area is 133 Å². The van der Waals surface area contributed by atoms with Crippen LogP contribution in [0.25, 0.3) is 5.53 Å². The maximum atomic E-state index is 11.1. The maximum absolute atomic E-state index is 11.1. The number of nitro groups is 1. The molecule has 1 N–H and O–H groups in total. The number of nitro benzene ring substituents is 1. The summed E-state index contributed by atoms with van der Waals surface area (Å²) in [6.07, 6.45) is 0. The third-order valence-corrected chi connectivity index (χ3v) is 3.23. The fraction of sp³-hybridized carbons (Fsp3) is 0. The number of non-ortho nitro benzene ring substituents is 1. The zero-order valence-corrected chi connectivity index (χ0v) is 12.4. The van der Waals surface area contributed by atoms with Crippen LogP contribution in [0.5, 0.6) is 0 Å². The smallest absolute Gasteiger partial charge is 0.349 e. The highest BCUT2D eigenvalue weighted by atomic mass is 32.2. The summed E-state index contributed by atoms with van der Waals surface area (Å²) in [7, 11) is 0. The van der Waals surface area contributed by atoms with Crippen molar-refractivity contribution in [3.8, 4) is 0 Å². The SMILES string of the molecule is [N-]=[N+]=C(/C(=N/S(=O)O)c1ccccc1)c1ccc([N+](=O)[O-])cc1. The topological polar surface area (TPSA) is 129 Å². The molecule has 0 saturated carbocycles. The average Bonchev–Trinajstić information content (AvgIpc) is 2.55. The highest BCUT2D eigenvalue weighted by Gasteiger charge is 2.24. The molecule has 1 atom stereocenters. The van der Waals surface area contributed by atoms with Crippen LogP contribution in [-0.2, 0) is 11.3 Å². The van der Waals surface area contributed by atoms with E-state index >= 15 is 0 Å². The molecule has 0 spiro atoms. The van der Waals surface area contributed by atoms with E-state index in [1.807, 2.05) is 0 Å². The minimum absolute atomic E-state index is 0.0113. The standard InChI is InChI=1S/C14H10N4O4S/c15-16-13(11-6-8-12(9-7-11)18(19)20)14(17-23(21)22)10-4-2-1-3-5-10/h1-9H,(H,21,22)/b17-14+. The van der Waals surface area contributed by atoms with Gasteiger partial charge in [-0.3, -0.25) is 14.7 Å². The quantitative estimate of drug-likeness (QED) is 0.225. The zero-order valence-electron chi connectivity index (χ0n) is 11.6. The Morgan fingerprint density at radius 1 is 1.13 bits per heavy atom. The summed E-state index contributed by atoms with van der Waals surface area (Å²) in [5, 5.41) is 10.7. The van der Waals surface area contributed by atoms with E-state index in [1.165, 1.54) is 24.3 Å². The second-order valence-corrected chi connectivity index (χ2v) is 4.93. The molecule has 0 amide bonds. The molecule has 2 aromatic rings. The Hall–Kier alpha value is -3.00.